The summed E-state index contributed by atoms with van der Waals surface area (Å²) < 4.78 is 28.5. The molecule has 1 spiro atoms. The predicted molar refractivity (Wildman–Crippen MR) is 131 cm³/mol. The van der Waals surface area contributed by atoms with Gasteiger partial charge >= 0.3 is 11.9 Å². The smallest absolute Gasteiger partial charge is 0.308 e. The highest BCUT2D eigenvalue weighted by Gasteiger charge is 2.69. The first-order valence-corrected chi connectivity index (χ1v) is 13.6. The number of fused-ring (bicyclic) bond motifs is 2. The lowest BCUT2D eigenvalue weighted by Gasteiger charge is -2.59. The molecule has 38 heavy (non-hydrogen) atoms. The van der Waals surface area contributed by atoms with Gasteiger partial charge in [-0.05, 0) is 55.7 Å². The van der Waals surface area contributed by atoms with E-state index in [1.807, 2.05) is 13.8 Å². The highest BCUT2D eigenvalue weighted by molar-refractivity contribution is 5.77. The molecule has 0 amide bonds. The normalized spacial score (nSPS) is 37.6. The number of methoxy groups -OCH3 is 1. The quantitative estimate of drug-likeness (QED) is 0.387. The molecule has 1 aromatic rings. The van der Waals surface area contributed by atoms with Crippen LogP contribution in [0.15, 0.2) is 18.2 Å². The monoisotopic (exact) mass is 534 g/mol. The molecular weight excluding hydrogens is 496 g/mol. The summed E-state index contributed by atoms with van der Waals surface area (Å²) in [5, 5.41) is 9.86. The molecule has 2 bridgehead atoms. The number of aromatic hydroxyl groups is 1. The molecule has 0 radical (unpaired) electrons. The van der Waals surface area contributed by atoms with E-state index in [1.54, 1.807) is 18.2 Å². The average Bonchev–Trinajstić information content (AvgIpc) is 3.12. The molecule has 0 aromatic heterocycles. The third-order valence-electron chi connectivity index (χ3n) is 8.78. The van der Waals surface area contributed by atoms with Gasteiger partial charge in [-0.2, -0.15) is 0 Å². The van der Waals surface area contributed by atoms with Gasteiger partial charge in [-0.25, -0.2) is 9.78 Å². The van der Waals surface area contributed by atoms with Gasteiger partial charge in [-0.15, -0.1) is 0 Å². The fourth-order valence-electron chi connectivity index (χ4n) is 6.65. The second-order valence-corrected chi connectivity index (χ2v) is 11.2. The number of carbonyl (C=O) groups excluding carboxylic acids is 2. The van der Waals surface area contributed by atoms with Crippen molar-refractivity contribution in [2.24, 2.45) is 23.7 Å². The Morgan fingerprint density at radius 3 is 2.63 bits per heavy atom. The number of phenols is 1. The van der Waals surface area contributed by atoms with E-state index in [-0.39, 0.29) is 43.0 Å². The van der Waals surface area contributed by atoms with Gasteiger partial charge in [-0.1, -0.05) is 19.9 Å². The van der Waals surface area contributed by atoms with Gasteiger partial charge in [0.25, 0.3) is 0 Å². The maximum atomic E-state index is 12.7. The summed E-state index contributed by atoms with van der Waals surface area (Å²) in [6, 6.07) is 5.00. The van der Waals surface area contributed by atoms with E-state index in [9.17, 15) is 14.7 Å². The van der Waals surface area contributed by atoms with Crippen LogP contribution in [0.1, 0.15) is 64.9 Å². The largest absolute Gasteiger partial charge is 0.504 e. The summed E-state index contributed by atoms with van der Waals surface area (Å²) >= 11 is 0. The maximum Gasteiger partial charge on any atom is 0.308 e. The van der Waals surface area contributed by atoms with E-state index in [1.165, 1.54) is 7.11 Å². The number of hydrogen-bond acceptors (Lipinski definition) is 10. The van der Waals surface area contributed by atoms with Crippen LogP contribution >= 0.6 is 0 Å². The zero-order chi connectivity index (χ0) is 27.1. The van der Waals surface area contributed by atoms with Crippen molar-refractivity contribution < 1.29 is 48.2 Å². The molecule has 5 aliphatic rings. The molecule has 4 aliphatic heterocycles. The first kappa shape index (κ1) is 27.2. The van der Waals surface area contributed by atoms with Gasteiger partial charge in [0.15, 0.2) is 23.4 Å². The summed E-state index contributed by atoms with van der Waals surface area (Å²) in [6.45, 7) is 6.23. The molecule has 1 N–H and O–H groups in total. The first-order valence-electron chi connectivity index (χ1n) is 13.6. The van der Waals surface area contributed by atoms with Gasteiger partial charge in [0, 0.05) is 24.7 Å². The summed E-state index contributed by atoms with van der Waals surface area (Å²) in [6.07, 6.45) is 2.29. The van der Waals surface area contributed by atoms with Gasteiger partial charge < -0.3 is 28.8 Å². The van der Waals surface area contributed by atoms with E-state index >= 15 is 0 Å². The van der Waals surface area contributed by atoms with Crippen molar-refractivity contribution in [1.82, 2.24) is 0 Å². The van der Waals surface area contributed by atoms with E-state index in [0.29, 0.717) is 24.5 Å². The van der Waals surface area contributed by atoms with Crippen molar-refractivity contribution in [1.29, 1.82) is 0 Å². The number of benzene rings is 1. The second kappa shape index (κ2) is 10.6. The molecule has 1 aromatic carbocycles. The van der Waals surface area contributed by atoms with Crippen LogP contribution in [0, 0.1) is 23.7 Å². The highest BCUT2D eigenvalue weighted by Crippen LogP contribution is 2.60. The lowest BCUT2D eigenvalue weighted by Crippen LogP contribution is -2.70. The second-order valence-electron chi connectivity index (χ2n) is 11.2. The van der Waals surface area contributed by atoms with Crippen molar-refractivity contribution in [3.05, 3.63) is 23.8 Å². The molecule has 10 heteroatoms. The third-order valence-corrected chi connectivity index (χ3v) is 8.78. The fourth-order valence-corrected chi connectivity index (χ4v) is 6.65. The summed E-state index contributed by atoms with van der Waals surface area (Å²) in [5.41, 5.74) is 0.0780. The minimum absolute atomic E-state index is 0.0256. The zero-order valence-electron chi connectivity index (χ0n) is 22.5. The van der Waals surface area contributed by atoms with E-state index in [4.69, 9.17) is 33.5 Å². The van der Waals surface area contributed by atoms with Crippen LogP contribution in [0.25, 0.3) is 0 Å². The molecule has 1 aliphatic carbocycles. The molecule has 10 nitrogen and oxygen atoms in total. The molecule has 4 heterocycles. The highest BCUT2D eigenvalue weighted by atomic mass is 17.3. The fraction of sp³-hybridized carbons (Fsp3) is 0.714. The van der Waals surface area contributed by atoms with Crippen LogP contribution in [0.5, 0.6) is 11.5 Å². The van der Waals surface area contributed by atoms with Crippen molar-refractivity contribution >= 4 is 11.9 Å². The molecule has 1 saturated carbocycles. The van der Waals surface area contributed by atoms with Crippen LogP contribution < -0.4 is 4.74 Å². The summed E-state index contributed by atoms with van der Waals surface area (Å²) in [7, 11) is 1.48. The SMILES string of the molecule is COc1ccc(CCOC(=O)CCC(=O)O[C@@H]2O[C@@H]3O[C@]4(C)CC[C@H]5[C@H](C)CC[C@@H]([C@H]2C)[C@@]35OO4)cc1O. The number of rotatable bonds is 8. The molecular formula is C28H38O10. The Morgan fingerprint density at radius 1 is 1.08 bits per heavy atom. The Balaban J connectivity index is 1.13. The third kappa shape index (κ3) is 4.99. The van der Waals surface area contributed by atoms with Crippen LogP contribution in [0.2, 0.25) is 0 Å². The number of esters is 2. The average molecular weight is 535 g/mol. The molecule has 210 valence electrons. The zero-order valence-corrected chi connectivity index (χ0v) is 22.5. The standard InChI is InChI=1S/C28H38O10/c1-16-5-7-20-17(2)25(35-26-28(20)19(16)11-13-27(3,36-26)37-38-28)34-24(31)10-9-23(30)33-14-12-18-6-8-22(32-4)21(29)15-18/h6,8,15-17,19-20,25-26,29H,5,7,9-14H2,1-4H3/t16-,17-,19+,20+,25-,26-,27+,28-/m1/s1. The van der Waals surface area contributed by atoms with E-state index < -0.39 is 35.9 Å². The summed E-state index contributed by atoms with van der Waals surface area (Å²) in [4.78, 5) is 36.8. The van der Waals surface area contributed by atoms with Crippen LogP contribution in [-0.4, -0.2) is 54.7 Å². The number of carbonyl (C=O) groups is 2. The Bertz CT molecular complexity index is 1040. The summed E-state index contributed by atoms with van der Waals surface area (Å²) in [5.74, 6) is -0.941. The Labute approximate surface area is 222 Å². The molecule has 4 saturated heterocycles. The minimum atomic E-state index is -0.902. The van der Waals surface area contributed by atoms with Crippen LogP contribution in [0.4, 0.5) is 0 Å². The van der Waals surface area contributed by atoms with Crippen molar-refractivity contribution in [3.8, 4) is 11.5 Å². The lowest BCUT2D eigenvalue weighted by molar-refractivity contribution is -0.576. The van der Waals surface area contributed by atoms with Gasteiger partial charge in [0.1, 0.15) is 0 Å². The minimum Gasteiger partial charge on any atom is -0.504 e. The Kier molecular flexibility index (Phi) is 7.61. The molecule has 5 fully saturated rings. The van der Waals surface area contributed by atoms with E-state index in [0.717, 1.165) is 24.8 Å². The van der Waals surface area contributed by atoms with Gasteiger partial charge in [-0.3, -0.25) is 9.59 Å². The van der Waals surface area contributed by atoms with Crippen LogP contribution in [0.3, 0.4) is 0 Å². The van der Waals surface area contributed by atoms with E-state index in [2.05, 4.69) is 6.92 Å². The maximum absolute atomic E-state index is 12.7. The number of hydrogen-bond donors (Lipinski definition) is 1. The first-order chi connectivity index (χ1) is 18.1. The van der Waals surface area contributed by atoms with Gasteiger partial charge in [0.05, 0.1) is 26.6 Å². The van der Waals surface area contributed by atoms with Crippen molar-refractivity contribution in [3.63, 3.8) is 0 Å². The van der Waals surface area contributed by atoms with Crippen molar-refractivity contribution in [2.45, 2.75) is 89.7 Å². The molecule has 6 rings (SSSR count). The van der Waals surface area contributed by atoms with Crippen molar-refractivity contribution in [2.75, 3.05) is 13.7 Å². The molecule has 0 unspecified atom stereocenters. The Hall–Kier alpha value is -2.40. The Morgan fingerprint density at radius 2 is 1.87 bits per heavy atom. The topological polar surface area (TPSA) is 119 Å². The molecule has 8 atom stereocenters. The lowest BCUT2D eigenvalue weighted by atomic mass is 9.58. The van der Waals surface area contributed by atoms with Gasteiger partial charge in [0.2, 0.25) is 12.1 Å². The number of phenolic OH excluding ortho intramolecular Hbond substituents is 1. The van der Waals surface area contributed by atoms with Crippen LogP contribution in [-0.2, 0) is 44.7 Å². The predicted octanol–water partition coefficient (Wildman–Crippen LogP) is 4.02. The number of ether oxygens (including phenoxy) is 5.